The van der Waals surface area contributed by atoms with E-state index in [1.807, 2.05) is 18.3 Å². The van der Waals surface area contributed by atoms with E-state index in [0.29, 0.717) is 5.92 Å². The molecular weight excluding hydrogens is 172 g/mol. The van der Waals surface area contributed by atoms with Gasteiger partial charge in [0.2, 0.25) is 0 Å². The highest BCUT2D eigenvalue weighted by atomic mass is 35.5. The molecule has 0 unspecified atom stereocenters. The van der Waals surface area contributed by atoms with Gasteiger partial charge in [-0.1, -0.05) is 13.8 Å². The molecular formula is C9H17ClN2. The van der Waals surface area contributed by atoms with Crippen LogP contribution in [-0.4, -0.2) is 4.98 Å². The van der Waals surface area contributed by atoms with Crippen LogP contribution in [0.25, 0.3) is 0 Å². The quantitative estimate of drug-likeness (QED) is 0.752. The lowest BCUT2D eigenvalue weighted by molar-refractivity contribution is 0.503. The Morgan fingerprint density at radius 2 is 2.17 bits per heavy atom. The number of H-pyrrole nitrogens is 1. The van der Waals surface area contributed by atoms with Crippen molar-refractivity contribution in [3.05, 3.63) is 24.0 Å². The first kappa shape index (κ1) is 11.5. The van der Waals surface area contributed by atoms with Crippen LogP contribution in [0.5, 0.6) is 0 Å². The third-order valence-electron chi connectivity index (χ3n) is 1.75. The zero-order chi connectivity index (χ0) is 8.27. The number of hydrogen-bond donors (Lipinski definition) is 2. The minimum atomic E-state index is 0. The van der Waals surface area contributed by atoms with Crippen LogP contribution in [0.3, 0.4) is 0 Å². The molecule has 3 heteroatoms. The third-order valence-corrected chi connectivity index (χ3v) is 1.75. The van der Waals surface area contributed by atoms with E-state index in [9.17, 15) is 0 Å². The Morgan fingerprint density at radius 3 is 2.58 bits per heavy atom. The Labute approximate surface area is 80.0 Å². The molecule has 70 valence electrons. The van der Waals surface area contributed by atoms with Crippen LogP contribution in [0, 0.1) is 5.92 Å². The summed E-state index contributed by atoms with van der Waals surface area (Å²) in [6.45, 7) is 4.37. The van der Waals surface area contributed by atoms with Crippen LogP contribution in [0.2, 0.25) is 0 Å². The summed E-state index contributed by atoms with van der Waals surface area (Å²) in [7, 11) is 0. The second-order valence-electron chi connectivity index (χ2n) is 3.36. The number of halogens is 1. The zero-order valence-corrected chi connectivity index (χ0v) is 8.40. The van der Waals surface area contributed by atoms with Gasteiger partial charge in [0.15, 0.2) is 0 Å². The lowest BCUT2D eigenvalue weighted by atomic mass is 10.0. The molecule has 1 heterocycles. The van der Waals surface area contributed by atoms with Crippen molar-refractivity contribution in [3.8, 4) is 0 Å². The summed E-state index contributed by atoms with van der Waals surface area (Å²) in [5, 5.41) is 0. The van der Waals surface area contributed by atoms with Gasteiger partial charge in [0.25, 0.3) is 0 Å². The lowest BCUT2D eigenvalue weighted by Crippen LogP contribution is -2.12. The second kappa shape index (κ2) is 5.22. The number of hydrogen-bond acceptors (Lipinski definition) is 1. The average Bonchev–Trinajstić information content (AvgIpc) is 2.35. The zero-order valence-electron chi connectivity index (χ0n) is 7.58. The number of nitrogens with two attached hydrogens (primary N) is 1. The molecule has 0 amide bonds. The molecule has 0 aliphatic carbocycles. The van der Waals surface area contributed by atoms with Crippen LogP contribution < -0.4 is 5.73 Å². The Hall–Kier alpha value is -0.470. The Morgan fingerprint density at radius 1 is 1.50 bits per heavy atom. The highest BCUT2D eigenvalue weighted by Crippen LogP contribution is 2.16. The highest BCUT2D eigenvalue weighted by molar-refractivity contribution is 5.85. The molecule has 0 saturated carbocycles. The van der Waals surface area contributed by atoms with E-state index < -0.39 is 0 Å². The fourth-order valence-corrected chi connectivity index (χ4v) is 1.21. The van der Waals surface area contributed by atoms with Gasteiger partial charge in [-0.05, 0) is 24.5 Å². The lowest BCUT2D eigenvalue weighted by Gasteiger charge is -2.11. The van der Waals surface area contributed by atoms with Gasteiger partial charge < -0.3 is 10.7 Å². The molecule has 0 aliphatic heterocycles. The molecule has 0 saturated heterocycles. The fourth-order valence-electron chi connectivity index (χ4n) is 1.21. The molecule has 1 aromatic heterocycles. The topological polar surface area (TPSA) is 41.8 Å². The van der Waals surface area contributed by atoms with Crippen molar-refractivity contribution in [2.75, 3.05) is 0 Å². The second-order valence-corrected chi connectivity index (χ2v) is 3.36. The molecule has 3 N–H and O–H groups in total. The third kappa shape index (κ3) is 3.28. The van der Waals surface area contributed by atoms with Crippen LogP contribution in [-0.2, 0) is 0 Å². The maximum atomic E-state index is 5.91. The first-order valence-corrected chi connectivity index (χ1v) is 4.09. The summed E-state index contributed by atoms with van der Waals surface area (Å²) < 4.78 is 0. The van der Waals surface area contributed by atoms with Crippen molar-refractivity contribution in [1.29, 1.82) is 0 Å². The molecule has 0 bridgehead atoms. The van der Waals surface area contributed by atoms with Crippen molar-refractivity contribution >= 4 is 12.4 Å². The average molecular weight is 189 g/mol. The molecule has 1 rings (SSSR count). The molecule has 0 spiro atoms. The molecule has 0 aromatic carbocycles. The van der Waals surface area contributed by atoms with E-state index in [0.717, 1.165) is 12.1 Å². The Balaban J connectivity index is 0.00000121. The van der Waals surface area contributed by atoms with Gasteiger partial charge in [-0.25, -0.2) is 0 Å². The van der Waals surface area contributed by atoms with Crippen molar-refractivity contribution in [1.82, 2.24) is 4.98 Å². The van der Waals surface area contributed by atoms with Crippen LogP contribution in [0.15, 0.2) is 18.3 Å². The van der Waals surface area contributed by atoms with Crippen LogP contribution in [0.1, 0.15) is 32.0 Å². The number of rotatable bonds is 3. The minimum Gasteiger partial charge on any atom is -0.364 e. The van der Waals surface area contributed by atoms with E-state index in [1.54, 1.807) is 0 Å². The van der Waals surface area contributed by atoms with Crippen molar-refractivity contribution in [3.63, 3.8) is 0 Å². The number of aromatic nitrogens is 1. The van der Waals surface area contributed by atoms with Crippen LogP contribution >= 0.6 is 12.4 Å². The Bertz CT molecular complexity index is 194. The van der Waals surface area contributed by atoms with E-state index >= 15 is 0 Å². The van der Waals surface area contributed by atoms with Gasteiger partial charge in [-0.15, -0.1) is 12.4 Å². The van der Waals surface area contributed by atoms with Crippen molar-refractivity contribution in [2.24, 2.45) is 11.7 Å². The first-order chi connectivity index (χ1) is 5.20. The molecule has 0 aliphatic rings. The van der Waals surface area contributed by atoms with E-state index in [2.05, 4.69) is 18.8 Å². The Kier molecular flexibility index (Phi) is 5.02. The fraction of sp³-hybridized carbons (Fsp3) is 0.556. The molecule has 0 fully saturated rings. The van der Waals surface area contributed by atoms with Gasteiger partial charge in [0, 0.05) is 17.9 Å². The van der Waals surface area contributed by atoms with Crippen molar-refractivity contribution < 1.29 is 0 Å². The predicted octanol–water partition coefficient (Wildman–Crippen LogP) is 2.48. The summed E-state index contributed by atoms with van der Waals surface area (Å²) in [6, 6.07) is 4.19. The van der Waals surface area contributed by atoms with E-state index in [4.69, 9.17) is 5.73 Å². The largest absolute Gasteiger partial charge is 0.364 e. The smallest absolute Gasteiger partial charge is 0.0450 e. The summed E-state index contributed by atoms with van der Waals surface area (Å²) in [4.78, 5) is 3.12. The summed E-state index contributed by atoms with van der Waals surface area (Å²) in [5.41, 5.74) is 7.05. The highest BCUT2D eigenvalue weighted by Gasteiger charge is 2.07. The monoisotopic (exact) mass is 188 g/mol. The van der Waals surface area contributed by atoms with E-state index in [1.165, 1.54) is 0 Å². The standard InChI is InChI=1S/C9H16N2.ClH/c1-7(2)6-8(10)9-4-3-5-11-9;/h3-5,7-8,11H,6,10H2,1-2H3;1H/t8-;/m1./s1. The maximum Gasteiger partial charge on any atom is 0.0450 e. The van der Waals surface area contributed by atoms with Gasteiger partial charge >= 0.3 is 0 Å². The van der Waals surface area contributed by atoms with Gasteiger partial charge in [-0.2, -0.15) is 0 Å². The van der Waals surface area contributed by atoms with E-state index in [-0.39, 0.29) is 18.4 Å². The summed E-state index contributed by atoms with van der Waals surface area (Å²) >= 11 is 0. The summed E-state index contributed by atoms with van der Waals surface area (Å²) in [5.74, 6) is 0.660. The van der Waals surface area contributed by atoms with Gasteiger partial charge in [0.1, 0.15) is 0 Å². The van der Waals surface area contributed by atoms with Crippen molar-refractivity contribution in [2.45, 2.75) is 26.3 Å². The molecule has 1 aromatic rings. The number of nitrogens with one attached hydrogen (secondary N) is 1. The SMILES string of the molecule is CC(C)C[C@@H](N)c1ccc[nH]1.Cl. The number of aromatic amines is 1. The molecule has 12 heavy (non-hydrogen) atoms. The maximum absolute atomic E-state index is 5.91. The first-order valence-electron chi connectivity index (χ1n) is 4.09. The minimum absolute atomic E-state index is 0. The predicted molar refractivity (Wildman–Crippen MR) is 54.4 cm³/mol. The van der Waals surface area contributed by atoms with Gasteiger partial charge in [-0.3, -0.25) is 0 Å². The van der Waals surface area contributed by atoms with Gasteiger partial charge in [0.05, 0.1) is 0 Å². The molecule has 1 atom stereocenters. The van der Waals surface area contributed by atoms with Crippen LogP contribution in [0.4, 0.5) is 0 Å². The summed E-state index contributed by atoms with van der Waals surface area (Å²) in [6.07, 6.45) is 2.95. The molecule has 0 radical (unpaired) electrons. The molecule has 2 nitrogen and oxygen atoms in total. The normalized spacial score (nSPS) is 12.7.